The van der Waals surface area contributed by atoms with Gasteiger partial charge in [0.15, 0.2) is 0 Å². The molecule has 0 aliphatic carbocycles. The van der Waals surface area contributed by atoms with Crippen LogP contribution in [0.4, 0.5) is 0 Å². The van der Waals surface area contributed by atoms with Crippen molar-refractivity contribution in [3.05, 3.63) is 35.9 Å². The summed E-state index contributed by atoms with van der Waals surface area (Å²) in [4.78, 5) is 51.3. The number of nitrogens with zero attached hydrogens (tertiary/aromatic N) is 2. The highest BCUT2D eigenvalue weighted by Gasteiger charge is 2.41. The highest BCUT2D eigenvalue weighted by atomic mass is 16.2. The maximum atomic E-state index is 12.8. The SMILES string of the molecule is N[C@@H](Cc1ccccc1)C(=O)N1CCC[C@H]1C(=O)N1CCNC(=O)C1=O. The standard InChI is InChI=1S/C18H22N4O4/c19-13(11-12-5-2-1-3-6-12)16(24)21-9-4-7-14(21)17(25)22-10-8-20-15(23)18(22)26/h1-3,5-6,13-14H,4,7-11,19H2,(H,20,23)/t13-,14-/m0/s1. The molecule has 26 heavy (non-hydrogen) atoms. The Bertz CT molecular complexity index is 721. The number of carbonyl (C=O) groups excluding carboxylic acids is 4. The Morgan fingerprint density at radius 2 is 1.92 bits per heavy atom. The van der Waals surface area contributed by atoms with Crippen LogP contribution in [0.25, 0.3) is 0 Å². The molecule has 3 N–H and O–H groups in total. The highest BCUT2D eigenvalue weighted by molar-refractivity contribution is 6.38. The van der Waals surface area contributed by atoms with Crippen molar-refractivity contribution in [2.45, 2.75) is 31.3 Å². The van der Waals surface area contributed by atoms with Crippen LogP contribution in [0, 0.1) is 0 Å². The van der Waals surface area contributed by atoms with Crippen LogP contribution >= 0.6 is 0 Å². The first-order valence-corrected chi connectivity index (χ1v) is 8.72. The first-order valence-electron chi connectivity index (χ1n) is 8.72. The third-order valence-corrected chi connectivity index (χ3v) is 4.76. The molecular weight excluding hydrogens is 336 g/mol. The van der Waals surface area contributed by atoms with E-state index in [1.165, 1.54) is 4.90 Å². The molecular formula is C18H22N4O4. The van der Waals surface area contributed by atoms with Gasteiger partial charge in [0.1, 0.15) is 6.04 Å². The summed E-state index contributed by atoms with van der Waals surface area (Å²) in [6.07, 6.45) is 1.50. The molecule has 8 nitrogen and oxygen atoms in total. The van der Waals surface area contributed by atoms with Crippen LogP contribution in [0.15, 0.2) is 30.3 Å². The molecule has 8 heteroatoms. The van der Waals surface area contributed by atoms with Crippen LogP contribution in [0.3, 0.4) is 0 Å². The largest absolute Gasteiger partial charge is 0.346 e. The Kier molecular flexibility index (Phi) is 5.32. The molecule has 0 saturated carbocycles. The number of carbonyl (C=O) groups is 4. The van der Waals surface area contributed by atoms with Crippen LogP contribution < -0.4 is 11.1 Å². The van der Waals surface area contributed by atoms with E-state index >= 15 is 0 Å². The zero-order valence-electron chi connectivity index (χ0n) is 14.4. The van der Waals surface area contributed by atoms with Gasteiger partial charge in [-0.2, -0.15) is 0 Å². The van der Waals surface area contributed by atoms with Gasteiger partial charge < -0.3 is 16.0 Å². The molecule has 2 aliphatic heterocycles. The topological polar surface area (TPSA) is 113 Å². The lowest BCUT2D eigenvalue weighted by atomic mass is 10.0. The molecule has 0 unspecified atom stereocenters. The van der Waals surface area contributed by atoms with Crippen molar-refractivity contribution in [2.24, 2.45) is 5.73 Å². The van der Waals surface area contributed by atoms with Crippen molar-refractivity contribution in [3.8, 4) is 0 Å². The molecule has 0 aromatic heterocycles. The summed E-state index contributed by atoms with van der Waals surface area (Å²) in [5, 5.41) is 2.40. The lowest BCUT2D eigenvalue weighted by Crippen LogP contribution is -2.59. The molecule has 4 amide bonds. The van der Waals surface area contributed by atoms with Crippen LogP contribution in [-0.4, -0.2) is 65.1 Å². The first kappa shape index (κ1) is 18.1. The number of rotatable bonds is 4. The Balaban J connectivity index is 1.69. The zero-order chi connectivity index (χ0) is 18.7. The second-order valence-corrected chi connectivity index (χ2v) is 6.54. The maximum absolute atomic E-state index is 12.8. The van der Waals surface area contributed by atoms with Crippen molar-refractivity contribution in [3.63, 3.8) is 0 Å². The van der Waals surface area contributed by atoms with Crippen LogP contribution in [0.1, 0.15) is 18.4 Å². The summed E-state index contributed by atoms with van der Waals surface area (Å²) < 4.78 is 0. The first-order chi connectivity index (χ1) is 12.5. The van der Waals surface area contributed by atoms with Gasteiger partial charge in [-0.1, -0.05) is 30.3 Å². The van der Waals surface area contributed by atoms with Crippen LogP contribution in [-0.2, 0) is 25.6 Å². The van der Waals surface area contributed by atoms with E-state index in [1.54, 1.807) is 0 Å². The molecule has 2 fully saturated rings. The number of amides is 4. The summed E-state index contributed by atoms with van der Waals surface area (Å²) >= 11 is 0. The molecule has 2 heterocycles. The maximum Gasteiger partial charge on any atom is 0.318 e. The van der Waals surface area contributed by atoms with Gasteiger partial charge in [-0.25, -0.2) is 0 Å². The third-order valence-electron chi connectivity index (χ3n) is 4.76. The minimum absolute atomic E-state index is 0.123. The molecule has 1 aromatic rings. The molecule has 1 aromatic carbocycles. The van der Waals surface area contributed by atoms with Crippen LogP contribution in [0.5, 0.6) is 0 Å². The molecule has 0 bridgehead atoms. The number of benzene rings is 1. The van der Waals surface area contributed by atoms with E-state index in [1.807, 2.05) is 30.3 Å². The fourth-order valence-electron chi connectivity index (χ4n) is 3.43. The van der Waals surface area contributed by atoms with Crippen molar-refractivity contribution in [1.29, 1.82) is 0 Å². The average molecular weight is 358 g/mol. The lowest BCUT2D eigenvalue weighted by molar-refractivity contribution is -0.158. The van der Waals surface area contributed by atoms with Gasteiger partial charge >= 0.3 is 11.8 Å². The fraction of sp³-hybridized carbons (Fsp3) is 0.444. The van der Waals surface area contributed by atoms with Crippen molar-refractivity contribution < 1.29 is 19.2 Å². The van der Waals surface area contributed by atoms with Gasteiger partial charge in [0.2, 0.25) is 5.91 Å². The normalized spacial score (nSPS) is 21.5. The highest BCUT2D eigenvalue weighted by Crippen LogP contribution is 2.21. The third kappa shape index (κ3) is 3.60. The van der Waals surface area contributed by atoms with Crippen molar-refractivity contribution in [2.75, 3.05) is 19.6 Å². The van der Waals surface area contributed by atoms with Gasteiger partial charge in [-0.05, 0) is 24.8 Å². The molecule has 3 rings (SSSR count). The number of nitrogens with two attached hydrogens (primary N) is 1. The molecule has 2 saturated heterocycles. The van der Waals surface area contributed by atoms with E-state index in [2.05, 4.69) is 5.32 Å². The predicted molar refractivity (Wildman–Crippen MR) is 92.6 cm³/mol. The molecule has 0 spiro atoms. The van der Waals surface area contributed by atoms with Gasteiger partial charge in [0.05, 0.1) is 6.04 Å². The number of nitrogens with one attached hydrogen (secondary N) is 1. The summed E-state index contributed by atoms with van der Waals surface area (Å²) in [7, 11) is 0. The van der Waals surface area contributed by atoms with Gasteiger partial charge in [0, 0.05) is 19.6 Å². The fourth-order valence-corrected chi connectivity index (χ4v) is 3.43. The van der Waals surface area contributed by atoms with Crippen molar-refractivity contribution in [1.82, 2.24) is 15.1 Å². The molecule has 138 valence electrons. The minimum Gasteiger partial charge on any atom is -0.346 e. The molecule has 2 atom stereocenters. The number of imide groups is 1. The van der Waals surface area contributed by atoms with E-state index < -0.39 is 29.8 Å². The minimum atomic E-state index is -0.867. The van der Waals surface area contributed by atoms with Crippen molar-refractivity contribution >= 4 is 23.6 Å². The smallest absolute Gasteiger partial charge is 0.318 e. The summed E-state index contributed by atoms with van der Waals surface area (Å²) in [6.45, 7) is 0.772. The van der Waals surface area contributed by atoms with E-state index in [0.717, 1.165) is 10.5 Å². The number of hydrogen-bond acceptors (Lipinski definition) is 5. The number of hydrogen-bond donors (Lipinski definition) is 2. The van der Waals surface area contributed by atoms with E-state index in [4.69, 9.17) is 5.73 Å². The van der Waals surface area contributed by atoms with E-state index in [0.29, 0.717) is 25.8 Å². The Morgan fingerprint density at radius 3 is 2.65 bits per heavy atom. The Labute approximate surface area is 151 Å². The quantitative estimate of drug-likeness (QED) is 0.531. The van der Waals surface area contributed by atoms with Gasteiger partial charge in [-0.3, -0.25) is 24.1 Å². The molecule has 0 radical (unpaired) electrons. The number of likely N-dealkylation sites (tertiary alicyclic amines) is 1. The second kappa shape index (κ2) is 7.65. The summed E-state index contributed by atoms with van der Waals surface area (Å²) in [6, 6.07) is 7.93. The average Bonchev–Trinajstić information content (AvgIpc) is 3.13. The lowest BCUT2D eigenvalue weighted by Gasteiger charge is -2.32. The Hall–Kier alpha value is -2.74. The van der Waals surface area contributed by atoms with E-state index in [-0.39, 0.29) is 19.0 Å². The van der Waals surface area contributed by atoms with E-state index in [9.17, 15) is 19.2 Å². The monoisotopic (exact) mass is 358 g/mol. The summed E-state index contributed by atoms with van der Waals surface area (Å²) in [5.41, 5.74) is 7.01. The second-order valence-electron chi connectivity index (χ2n) is 6.54. The zero-order valence-corrected chi connectivity index (χ0v) is 14.4. The van der Waals surface area contributed by atoms with Gasteiger partial charge in [-0.15, -0.1) is 0 Å². The summed E-state index contributed by atoms with van der Waals surface area (Å²) in [5.74, 6) is -2.46. The van der Waals surface area contributed by atoms with Gasteiger partial charge in [0.25, 0.3) is 5.91 Å². The molecule has 2 aliphatic rings. The predicted octanol–water partition coefficient (Wildman–Crippen LogP) is -0.968. The Morgan fingerprint density at radius 1 is 1.19 bits per heavy atom. The van der Waals surface area contributed by atoms with Crippen LogP contribution in [0.2, 0.25) is 0 Å². The number of piperazine rings is 1.